The Balaban J connectivity index is 2.88. The van der Waals surface area contributed by atoms with Crippen molar-refractivity contribution >= 4 is 21.9 Å². The van der Waals surface area contributed by atoms with Crippen LogP contribution in [0, 0.1) is 0 Å². The maximum absolute atomic E-state index is 12.7. The maximum atomic E-state index is 12.7. The number of nitrogens with zero attached hydrogens (tertiary/aromatic N) is 1. The molecule has 1 aromatic carbocycles. The SMILES string of the molecule is CCOC(=O)CN(C(=O)CNS(=O)(=O)c1cccc(C(F)(F)F)c1)C(C)C. The summed E-state index contributed by atoms with van der Waals surface area (Å²) in [5, 5.41) is 0. The van der Waals surface area contributed by atoms with Crippen LogP contribution in [-0.2, 0) is 30.5 Å². The van der Waals surface area contributed by atoms with Gasteiger partial charge in [-0.25, -0.2) is 13.1 Å². The summed E-state index contributed by atoms with van der Waals surface area (Å²) in [6.07, 6.45) is -4.70. The summed E-state index contributed by atoms with van der Waals surface area (Å²) in [4.78, 5) is 24.3. The van der Waals surface area contributed by atoms with Crippen LogP contribution in [0.1, 0.15) is 26.3 Å². The quantitative estimate of drug-likeness (QED) is 0.660. The van der Waals surface area contributed by atoms with E-state index in [1.54, 1.807) is 20.8 Å². The largest absolute Gasteiger partial charge is 0.465 e. The second-order valence-electron chi connectivity index (χ2n) is 5.77. The van der Waals surface area contributed by atoms with Crippen molar-refractivity contribution in [1.29, 1.82) is 0 Å². The molecular formula is C16H21F3N2O5S. The predicted octanol–water partition coefficient (Wildman–Crippen LogP) is 1.78. The zero-order valence-electron chi connectivity index (χ0n) is 15.0. The fourth-order valence-corrected chi connectivity index (χ4v) is 3.11. The molecule has 0 aliphatic heterocycles. The van der Waals surface area contributed by atoms with Crippen molar-refractivity contribution in [3.63, 3.8) is 0 Å². The molecule has 27 heavy (non-hydrogen) atoms. The van der Waals surface area contributed by atoms with Gasteiger partial charge in [-0.15, -0.1) is 0 Å². The minimum absolute atomic E-state index is 0.126. The van der Waals surface area contributed by atoms with E-state index < -0.39 is 51.1 Å². The molecule has 0 aliphatic rings. The van der Waals surface area contributed by atoms with Crippen molar-refractivity contribution in [2.24, 2.45) is 0 Å². The first-order chi connectivity index (χ1) is 12.4. The number of hydrogen-bond acceptors (Lipinski definition) is 5. The molecule has 0 saturated heterocycles. The van der Waals surface area contributed by atoms with Crippen LogP contribution in [0.2, 0.25) is 0 Å². The fourth-order valence-electron chi connectivity index (χ4n) is 2.09. The molecule has 0 atom stereocenters. The van der Waals surface area contributed by atoms with E-state index in [1.165, 1.54) is 0 Å². The highest BCUT2D eigenvalue weighted by atomic mass is 32.2. The number of halogens is 3. The third-order valence-corrected chi connectivity index (χ3v) is 4.83. The van der Waals surface area contributed by atoms with E-state index in [0.717, 1.165) is 23.1 Å². The first-order valence-electron chi connectivity index (χ1n) is 8.00. The Morgan fingerprint density at radius 1 is 1.26 bits per heavy atom. The van der Waals surface area contributed by atoms with Crippen molar-refractivity contribution in [3.8, 4) is 0 Å². The number of amides is 1. The highest BCUT2D eigenvalue weighted by Gasteiger charge is 2.32. The van der Waals surface area contributed by atoms with Gasteiger partial charge in [-0.2, -0.15) is 13.2 Å². The summed E-state index contributed by atoms with van der Waals surface area (Å²) < 4.78 is 69.3. The van der Waals surface area contributed by atoms with Gasteiger partial charge >= 0.3 is 12.1 Å². The number of carbonyl (C=O) groups excluding carboxylic acids is 2. The van der Waals surface area contributed by atoms with E-state index >= 15 is 0 Å². The van der Waals surface area contributed by atoms with Crippen LogP contribution in [0.3, 0.4) is 0 Å². The number of alkyl halides is 3. The van der Waals surface area contributed by atoms with Crippen molar-refractivity contribution in [3.05, 3.63) is 29.8 Å². The van der Waals surface area contributed by atoms with E-state index in [1.807, 2.05) is 4.72 Å². The lowest BCUT2D eigenvalue weighted by Gasteiger charge is -2.25. The minimum Gasteiger partial charge on any atom is -0.465 e. The smallest absolute Gasteiger partial charge is 0.416 e. The third-order valence-electron chi connectivity index (χ3n) is 3.43. The number of rotatable bonds is 8. The second kappa shape index (κ2) is 9.18. The minimum atomic E-state index is -4.70. The van der Waals surface area contributed by atoms with E-state index in [-0.39, 0.29) is 13.2 Å². The summed E-state index contributed by atoms with van der Waals surface area (Å²) in [5.74, 6) is -1.37. The number of sulfonamides is 1. The predicted molar refractivity (Wildman–Crippen MR) is 90.1 cm³/mol. The van der Waals surface area contributed by atoms with Crippen molar-refractivity contribution in [2.45, 2.75) is 37.9 Å². The monoisotopic (exact) mass is 410 g/mol. The topological polar surface area (TPSA) is 92.8 Å². The summed E-state index contributed by atoms with van der Waals surface area (Å²) >= 11 is 0. The normalized spacial score (nSPS) is 12.1. The third kappa shape index (κ3) is 6.83. The van der Waals surface area contributed by atoms with Gasteiger partial charge in [-0.1, -0.05) is 6.07 Å². The Morgan fingerprint density at radius 2 is 1.89 bits per heavy atom. The van der Waals surface area contributed by atoms with Gasteiger partial charge in [0.15, 0.2) is 0 Å². The van der Waals surface area contributed by atoms with Crippen molar-refractivity contribution in [2.75, 3.05) is 19.7 Å². The Hall–Kier alpha value is -2.14. The molecule has 0 unspecified atom stereocenters. The molecule has 0 radical (unpaired) electrons. The highest BCUT2D eigenvalue weighted by molar-refractivity contribution is 7.89. The zero-order valence-corrected chi connectivity index (χ0v) is 15.9. The molecule has 11 heteroatoms. The molecule has 0 bridgehead atoms. The van der Waals surface area contributed by atoms with Crippen LogP contribution in [0.4, 0.5) is 13.2 Å². The van der Waals surface area contributed by atoms with Crippen LogP contribution < -0.4 is 4.72 Å². The molecule has 1 N–H and O–H groups in total. The Bertz CT molecular complexity index is 779. The van der Waals surface area contributed by atoms with E-state index in [4.69, 9.17) is 4.74 Å². The van der Waals surface area contributed by atoms with E-state index in [2.05, 4.69) is 0 Å². The number of nitrogens with one attached hydrogen (secondary N) is 1. The first kappa shape index (κ1) is 22.9. The number of carbonyl (C=O) groups is 2. The number of benzene rings is 1. The average Bonchev–Trinajstić information content (AvgIpc) is 2.57. The first-order valence-corrected chi connectivity index (χ1v) is 9.48. The number of hydrogen-bond donors (Lipinski definition) is 1. The summed E-state index contributed by atoms with van der Waals surface area (Å²) in [6.45, 7) is 3.90. The molecule has 0 aliphatic carbocycles. The van der Waals surface area contributed by atoms with Gasteiger partial charge in [0.2, 0.25) is 15.9 Å². The number of ether oxygens (including phenoxy) is 1. The average molecular weight is 410 g/mol. The standard InChI is InChI=1S/C16H21F3N2O5S/c1-4-26-15(23)10-21(11(2)3)14(22)9-20-27(24,25)13-7-5-6-12(8-13)16(17,18)19/h5-8,11,20H,4,9-10H2,1-3H3. The van der Waals surface area contributed by atoms with Gasteiger partial charge in [-0.3, -0.25) is 9.59 Å². The van der Waals surface area contributed by atoms with Crippen molar-refractivity contribution < 1.29 is 35.9 Å². The van der Waals surface area contributed by atoms with Gasteiger partial charge < -0.3 is 9.64 Å². The summed E-state index contributed by atoms with van der Waals surface area (Å²) in [7, 11) is -4.35. The van der Waals surface area contributed by atoms with Crippen LogP contribution >= 0.6 is 0 Å². The Kier molecular flexibility index (Phi) is 7.78. The lowest BCUT2D eigenvalue weighted by atomic mass is 10.2. The fraction of sp³-hybridized carbons (Fsp3) is 0.500. The van der Waals surface area contributed by atoms with Crippen LogP contribution in [0.25, 0.3) is 0 Å². The van der Waals surface area contributed by atoms with Gasteiger partial charge in [-0.05, 0) is 39.0 Å². The van der Waals surface area contributed by atoms with Gasteiger partial charge in [0.05, 0.1) is 23.6 Å². The van der Waals surface area contributed by atoms with Crippen LogP contribution in [0.5, 0.6) is 0 Å². The molecule has 7 nitrogen and oxygen atoms in total. The molecule has 0 aromatic heterocycles. The van der Waals surface area contributed by atoms with E-state index in [9.17, 15) is 31.2 Å². The molecule has 0 heterocycles. The molecule has 1 aromatic rings. The highest BCUT2D eigenvalue weighted by Crippen LogP contribution is 2.30. The van der Waals surface area contributed by atoms with Gasteiger partial charge in [0.1, 0.15) is 6.54 Å². The molecule has 152 valence electrons. The Morgan fingerprint density at radius 3 is 2.41 bits per heavy atom. The molecular weight excluding hydrogens is 389 g/mol. The lowest BCUT2D eigenvalue weighted by molar-refractivity contribution is -0.149. The number of esters is 1. The van der Waals surface area contributed by atoms with Crippen LogP contribution in [0.15, 0.2) is 29.2 Å². The molecule has 1 amide bonds. The second-order valence-corrected chi connectivity index (χ2v) is 7.54. The van der Waals surface area contributed by atoms with Crippen LogP contribution in [-0.4, -0.2) is 50.9 Å². The lowest BCUT2D eigenvalue weighted by Crippen LogP contribution is -2.46. The molecule has 0 saturated carbocycles. The van der Waals surface area contributed by atoms with Gasteiger partial charge in [0.25, 0.3) is 0 Å². The zero-order chi connectivity index (χ0) is 20.8. The molecule has 0 spiro atoms. The summed E-state index contributed by atoms with van der Waals surface area (Å²) in [6, 6.07) is 2.75. The summed E-state index contributed by atoms with van der Waals surface area (Å²) in [5.41, 5.74) is -1.12. The molecule has 1 rings (SSSR count). The maximum Gasteiger partial charge on any atom is 0.416 e. The Labute approximate surface area is 155 Å². The van der Waals surface area contributed by atoms with E-state index in [0.29, 0.717) is 6.07 Å². The van der Waals surface area contributed by atoms with Crippen molar-refractivity contribution in [1.82, 2.24) is 9.62 Å². The van der Waals surface area contributed by atoms with Gasteiger partial charge in [0, 0.05) is 6.04 Å². The molecule has 0 fully saturated rings.